The molecule has 3 aromatic rings. The Morgan fingerprint density at radius 1 is 0.900 bits per heavy atom. The van der Waals surface area contributed by atoms with Gasteiger partial charge in [0.15, 0.2) is 0 Å². The average molecular weight is 284 g/mol. The van der Waals surface area contributed by atoms with Gasteiger partial charge in [-0.2, -0.15) is 0 Å². The van der Waals surface area contributed by atoms with Crippen molar-refractivity contribution in [1.82, 2.24) is 15.3 Å². The maximum atomic E-state index is 6.13. The van der Waals surface area contributed by atoms with E-state index in [1.165, 1.54) is 5.56 Å². The zero-order valence-corrected chi connectivity index (χ0v) is 11.6. The van der Waals surface area contributed by atoms with Gasteiger partial charge in [-0.25, -0.2) is 0 Å². The van der Waals surface area contributed by atoms with E-state index >= 15 is 0 Å². The molecule has 1 N–H and O–H groups in total. The van der Waals surface area contributed by atoms with Crippen LogP contribution in [0.2, 0.25) is 5.02 Å². The van der Waals surface area contributed by atoms with Crippen LogP contribution in [-0.2, 0) is 13.1 Å². The molecule has 2 aromatic carbocycles. The monoisotopic (exact) mass is 283 g/mol. The van der Waals surface area contributed by atoms with Gasteiger partial charge in [0.1, 0.15) is 0 Å². The highest BCUT2D eigenvalue weighted by Gasteiger charge is 2.00. The second-order valence-electron chi connectivity index (χ2n) is 4.57. The van der Waals surface area contributed by atoms with Crippen molar-refractivity contribution in [3.63, 3.8) is 0 Å². The molecule has 1 aromatic heterocycles. The highest BCUT2D eigenvalue weighted by Crippen LogP contribution is 2.15. The molecule has 20 heavy (non-hydrogen) atoms. The van der Waals surface area contributed by atoms with Gasteiger partial charge >= 0.3 is 0 Å². The van der Waals surface area contributed by atoms with Crippen LogP contribution in [-0.4, -0.2) is 9.97 Å². The Kier molecular flexibility index (Phi) is 3.90. The number of hydrogen-bond acceptors (Lipinski definition) is 3. The van der Waals surface area contributed by atoms with E-state index in [-0.39, 0.29) is 0 Å². The van der Waals surface area contributed by atoms with Crippen LogP contribution in [0.1, 0.15) is 11.1 Å². The van der Waals surface area contributed by atoms with Gasteiger partial charge in [0.2, 0.25) is 0 Å². The second-order valence-corrected chi connectivity index (χ2v) is 4.98. The molecule has 0 radical (unpaired) electrons. The average Bonchev–Trinajstić information content (AvgIpc) is 2.49. The molecule has 0 aliphatic carbocycles. The van der Waals surface area contributed by atoms with Gasteiger partial charge in [-0.3, -0.25) is 9.97 Å². The third kappa shape index (κ3) is 2.95. The van der Waals surface area contributed by atoms with Gasteiger partial charge in [-0.15, -0.1) is 0 Å². The standard InChI is InChI=1S/C16H14ClN3/c17-14-4-2-1-3-13(14)11-18-10-12-5-6-15-16(9-12)20-8-7-19-15/h1-9,18H,10-11H2. The first-order chi connectivity index (χ1) is 9.83. The summed E-state index contributed by atoms with van der Waals surface area (Å²) in [5.41, 5.74) is 4.13. The minimum absolute atomic E-state index is 0.748. The van der Waals surface area contributed by atoms with Gasteiger partial charge in [0.25, 0.3) is 0 Å². The van der Waals surface area contributed by atoms with Gasteiger partial charge in [-0.05, 0) is 29.3 Å². The molecule has 0 saturated heterocycles. The largest absolute Gasteiger partial charge is 0.309 e. The van der Waals surface area contributed by atoms with Crippen molar-refractivity contribution in [2.75, 3.05) is 0 Å². The van der Waals surface area contributed by atoms with E-state index in [0.717, 1.165) is 34.7 Å². The molecular weight excluding hydrogens is 270 g/mol. The van der Waals surface area contributed by atoms with E-state index in [1.807, 2.05) is 30.3 Å². The number of hydrogen-bond donors (Lipinski definition) is 1. The van der Waals surface area contributed by atoms with Crippen molar-refractivity contribution in [3.8, 4) is 0 Å². The van der Waals surface area contributed by atoms with Gasteiger partial charge in [0.05, 0.1) is 11.0 Å². The predicted molar refractivity (Wildman–Crippen MR) is 81.5 cm³/mol. The maximum Gasteiger partial charge on any atom is 0.0890 e. The lowest BCUT2D eigenvalue weighted by molar-refractivity contribution is 0.694. The summed E-state index contributed by atoms with van der Waals surface area (Å²) in [6.45, 7) is 1.52. The predicted octanol–water partition coefficient (Wildman–Crippen LogP) is 3.57. The summed E-state index contributed by atoms with van der Waals surface area (Å²) in [4.78, 5) is 8.57. The van der Waals surface area contributed by atoms with Crippen molar-refractivity contribution in [2.45, 2.75) is 13.1 Å². The van der Waals surface area contributed by atoms with Crippen LogP contribution in [0.15, 0.2) is 54.9 Å². The minimum Gasteiger partial charge on any atom is -0.309 e. The first-order valence-electron chi connectivity index (χ1n) is 6.47. The van der Waals surface area contributed by atoms with Crippen LogP contribution in [0.5, 0.6) is 0 Å². The normalized spacial score (nSPS) is 10.8. The summed E-state index contributed by atoms with van der Waals surface area (Å²) in [6.07, 6.45) is 3.42. The van der Waals surface area contributed by atoms with E-state index in [4.69, 9.17) is 11.6 Å². The highest BCUT2D eigenvalue weighted by molar-refractivity contribution is 6.31. The van der Waals surface area contributed by atoms with Crippen LogP contribution >= 0.6 is 11.6 Å². The number of rotatable bonds is 4. The number of nitrogens with zero attached hydrogens (tertiary/aromatic N) is 2. The molecule has 0 amide bonds. The third-order valence-electron chi connectivity index (χ3n) is 3.14. The van der Waals surface area contributed by atoms with Gasteiger partial charge in [-0.1, -0.05) is 35.9 Å². The van der Waals surface area contributed by atoms with E-state index < -0.39 is 0 Å². The first kappa shape index (κ1) is 13.0. The van der Waals surface area contributed by atoms with Crippen LogP contribution in [0, 0.1) is 0 Å². The number of benzene rings is 2. The van der Waals surface area contributed by atoms with Crippen LogP contribution in [0.25, 0.3) is 11.0 Å². The summed E-state index contributed by atoms with van der Waals surface area (Å²) >= 11 is 6.13. The zero-order valence-electron chi connectivity index (χ0n) is 10.9. The van der Waals surface area contributed by atoms with Gasteiger partial charge < -0.3 is 5.32 Å². The van der Waals surface area contributed by atoms with Gasteiger partial charge in [0, 0.05) is 30.5 Å². The Bertz CT molecular complexity index is 727. The fourth-order valence-electron chi connectivity index (χ4n) is 2.10. The molecule has 4 heteroatoms. The zero-order chi connectivity index (χ0) is 13.8. The van der Waals surface area contributed by atoms with Crippen LogP contribution in [0.4, 0.5) is 0 Å². The molecule has 1 heterocycles. The molecule has 100 valence electrons. The molecule has 3 nitrogen and oxygen atoms in total. The lowest BCUT2D eigenvalue weighted by atomic mass is 10.2. The Morgan fingerprint density at radius 3 is 2.55 bits per heavy atom. The van der Waals surface area contributed by atoms with E-state index in [9.17, 15) is 0 Å². The number of aromatic nitrogens is 2. The Hall–Kier alpha value is -1.97. The Labute approximate surface area is 122 Å². The molecular formula is C16H14ClN3. The lowest BCUT2D eigenvalue weighted by Crippen LogP contribution is -2.12. The quantitative estimate of drug-likeness (QED) is 0.795. The molecule has 0 spiro atoms. The second kappa shape index (κ2) is 5.99. The lowest BCUT2D eigenvalue weighted by Gasteiger charge is -2.07. The smallest absolute Gasteiger partial charge is 0.0890 e. The summed E-state index contributed by atoms with van der Waals surface area (Å²) in [7, 11) is 0. The first-order valence-corrected chi connectivity index (χ1v) is 6.84. The molecule has 0 unspecified atom stereocenters. The molecule has 3 rings (SSSR count). The molecule has 0 saturated carbocycles. The summed E-state index contributed by atoms with van der Waals surface area (Å²) in [5.74, 6) is 0. The van der Waals surface area contributed by atoms with E-state index in [2.05, 4.69) is 27.4 Å². The van der Waals surface area contributed by atoms with Crippen molar-refractivity contribution in [1.29, 1.82) is 0 Å². The van der Waals surface area contributed by atoms with Crippen LogP contribution in [0.3, 0.4) is 0 Å². The summed E-state index contributed by atoms with van der Waals surface area (Å²) in [5, 5.41) is 4.19. The van der Waals surface area contributed by atoms with Crippen LogP contribution < -0.4 is 5.32 Å². The summed E-state index contributed by atoms with van der Waals surface area (Å²) in [6, 6.07) is 14.0. The highest BCUT2D eigenvalue weighted by atomic mass is 35.5. The summed E-state index contributed by atoms with van der Waals surface area (Å²) < 4.78 is 0. The van der Waals surface area contributed by atoms with Crippen molar-refractivity contribution < 1.29 is 0 Å². The molecule has 0 fully saturated rings. The number of nitrogens with one attached hydrogen (secondary N) is 1. The number of fused-ring (bicyclic) bond motifs is 1. The van der Waals surface area contributed by atoms with Crippen molar-refractivity contribution >= 4 is 22.6 Å². The Balaban J connectivity index is 1.67. The van der Waals surface area contributed by atoms with E-state index in [0.29, 0.717) is 0 Å². The minimum atomic E-state index is 0.748. The fraction of sp³-hybridized carbons (Fsp3) is 0.125. The van der Waals surface area contributed by atoms with Crippen molar-refractivity contribution in [3.05, 3.63) is 71.0 Å². The third-order valence-corrected chi connectivity index (χ3v) is 3.50. The SMILES string of the molecule is Clc1ccccc1CNCc1ccc2nccnc2c1. The van der Waals surface area contributed by atoms with Crippen molar-refractivity contribution in [2.24, 2.45) is 0 Å². The fourth-order valence-corrected chi connectivity index (χ4v) is 2.30. The molecule has 0 aliphatic heterocycles. The molecule has 0 atom stereocenters. The molecule has 0 aliphatic rings. The van der Waals surface area contributed by atoms with E-state index in [1.54, 1.807) is 12.4 Å². The maximum absolute atomic E-state index is 6.13. The topological polar surface area (TPSA) is 37.8 Å². The number of halogens is 1. The Morgan fingerprint density at radius 2 is 1.70 bits per heavy atom. The molecule has 0 bridgehead atoms.